The third-order valence-electron chi connectivity index (χ3n) is 3.28. The molecule has 2 N–H and O–H groups in total. The van der Waals surface area contributed by atoms with E-state index in [-0.39, 0.29) is 5.91 Å². The van der Waals surface area contributed by atoms with Gasteiger partial charge in [0.15, 0.2) is 0 Å². The van der Waals surface area contributed by atoms with Gasteiger partial charge in [0.2, 0.25) is 0 Å². The summed E-state index contributed by atoms with van der Waals surface area (Å²) in [5.74, 6) is -0.236. The summed E-state index contributed by atoms with van der Waals surface area (Å²) in [6.07, 6.45) is 3.30. The van der Waals surface area contributed by atoms with Crippen molar-refractivity contribution < 1.29 is 4.79 Å². The molecule has 5 nitrogen and oxygen atoms in total. The van der Waals surface area contributed by atoms with Gasteiger partial charge >= 0.3 is 0 Å². The van der Waals surface area contributed by atoms with Gasteiger partial charge in [-0.2, -0.15) is 0 Å². The van der Waals surface area contributed by atoms with E-state index in [9.17, 15) is 4.79 Å². The Morgan fingerprint density at radius 2 is 1.79 bits per heavy atom. The summed E-state index contributed by atoms with van der Waals surface area (Å²) in [5, 5.41) is 6.06. The largest absolute Gasteiger partial charge is 0.355 e. The van der Waals surface area contributed by atoms with Crippen LogP contribution in [0.4, 0.5) is 11.4 Å². The lowest BCUT2D eigenvalue weighted by atomic mass is 10.2. The second-order valence-electron chi connectivity index (χ2n) is 5.07. The van der Waals surface area contributed by atoms with E-state index in [0.29, 0.717) is 12.2 Å². The van der Waals surface area contributed by atoms with Crippen LogP contribution in [-0.2, 0) is 6.54 Å². The Kier molecular flexibility index (Phi) is 5.18. The first kappa shape index (κ1) is 16.1. The first-order valence-corrected chi connectivity index (χ1v) is 8.17. The van der Waals surface area contributed by atoms with Gasteiger partial charge in [0, 0.05) is 28.2 Å². The molecule has 0 saturated carbocycles. The standard InChI is InChI=1S/C18H15BrN4O/c19-13-4-6-14(7-5-13)23-15-8-10-21-17(11-15)18(24)22-12-16-3-1-2-9-20-16/h1-11H,12H2,(H,21,23)(H,22,24). The molecule has 2 heterocycles. The predicted octanol–water partition coefficient (Wildman–Crippen LogP) is 3.91. The Balaban J connectivity index is 1.65. The Morgan fingerprint density at radius 3 is 2.54 bits per heavy atom. The van der Waals surface area contributed by atoms with Gasteiger partial charge in [0.05, 0.1) is 12.2 Å². The van der Waals surface area contributed by atoms with E-state index in [1.165, 1.54) is 0 Å². The molecule has 0 aliphatic rings. The van der Waals surface area contributed by atoms with Crippen molar-refractivity contribution in [2.45, 2.75) is 6.54 Å². The zero-order chi connectivity index (χ0) is 16.8. The number of carbonyl (C=O) groups excluding carboxylic acids is 1. The second-order valence-corrected chi connectivity index (χ2v) is 5.98. The van der Waals surface area contributed by atoms with E-state index in [2.05, 4.69) is 36.5 Å². The van der Waals surface area contributed by atoms with Crippen molar-refractivity contribution in [2.75, 3.05) is 5.32 Å². The van der Waals surface area contributed by atoms with Crippen LogP contribution in [0, 0.1) is 0 Å². The molecule has 6 heteroatoms. The Labute approximate surface area is 148 Å². The number of rotatable bonds is 5. The number of aromatic nitrogens is 2. The van der Waals surface area contributed by atoms with Crippen molar-refractivity contribution >= 4 is 33.2 Å². The fourth-order valence-corrected chi connectivity index (χ4v) is 2.36. The van der Waals surface area contributed by atoms with Crippen LogP contribution in [0.2, 0.25) is 0 Å². The van der Waals surface area contributed by atoms with E-state index < -0.39 is 0 Å². The third-order valence-corrected chi connectivity index (χ3v) is 3.81. The number of carbonyl (C=O) groups is 1. The number of hydrogen-bond donors (Lipinski definition) is 2. The van der Waals surface area contributed by atoms with E-state index in [1.807, 2.05) is 48.5 Å². The second kappa shape index (κ2) is 7.70. The van der Waals surface area contributed by atoms with E-state index in [4.69, 9.17) is 0 Å². The van der Waals surface area contributed by atoms with Crippen molar-refractivity contribution in [1.29, 1.82) is 0 Å². The van der Waals surface area contributed by atoms with Crippen molar-refractivity contribution in [3.8, 4) is 0 Å². The highest BCUT2D eigenvalue weighted by atomic mass is 79.9. The highest BCUT2D eigenvalue weighted by Gasteiger charge is 2.08. The number of anilines is 2. The molecule has 3 rings (SSSR count). The van der Waals surface area contributed by atoms with Gasteiger partial charge in [-0.05, 0) is 48.5 Å². The van der Waals surface area contributed by atoms with Crippen LogP contribution in [0.5, 0.6) is 0 Å². The summed E-state index contributed by atoms with van der Waals surface area (Å²) < 4.78 is 1.01. The topological polar surface area (TPSA) is 66.9 Å². The van der Waals surface area contributed by atoms with E-state index >= 15 is 0 Å². The molecule has 24 heavy (non-hydrogen) atoms. The first-order chi connectivity index (χ1) is 11.7. The highest BCUT2D eigenvalue weighted by Crippen LogP contribution is 2.19. The smallest absolute Gasteiger partial charge is 0.270 e. The summed E-state index contributed by atoms with van der Waals surface area (Å²) >= 11 is 3.40. The van der Waals surface area contributed by atoms with Crippen molar-refractivity contribution in [2.24, 2.45) is 0 Å². The Hall–Kier alpha value is -2.73. The molecule has 0 spiro atoms. The lowest BCUT2D eigenvalue weighted by Gasteiger charge is -2.08. The highest BCUT2D eigenvalue weighted by molar-refractivity contribution is 9.10. The minimum atomic E-state index is -0.236. The van der Waals surface area contributed by atoms with Crippen LogP contribution in [0.1, 0.15) is 16.2 Å². The van der Waals surface area contributed by atoms with Gasteiger partial charge in [0.25, 0.3) is 5.91 Å². The summed E-state index contributed by atoms with van der Waals surface area (Å²) in [4.78, 5) is 20.5. The quantitative estimate of drug-likeness (QED) is 0.701. The number of halogens is 1. The molecule has 0 radical (unpaired) electrons. The van der Waals surface area contributed by atoms with Crippen molar-refractivity contribution in [3.05, 3.63) is 82.9 Å². The molecule has 0 bridgehead atoms. The molecule has 1 amide bonds. The molecule has 0 atom stereocenters. The fraction of sp³-hybridized carbons (Fsp3) is 0.0556. The number of nitrogens with zero attached hydrogens (tertiary/aromatic N) is 2. The molecule has 1 aromatic carbocycles. The number of hydrogen-bond acceptors (Lipinski definition) is 4. The van der Waals surface area contributed by atoms with Gasteiger partial charge in [-0.15, -0.1) is 0 Å². The normalized spacial score (nSPS) is 10.2. The van der Waals surface area contributed by atoms with Crippen molar-refractivity contribution in [3.63, 3.8) is 0 Å². The molecule has 0 unspecified atom stereocenters. The Morgan fingerprint density at radius 1 is 0.958 bits per heavy atom. The van der Waals surface area contributed by atoms with Crippen LogP contribution in [0.25, 0.3) is 0 Å². The third kappa shape index (κ3) is 4.39. The SMILES string of the molecule is O=C(NCc1ccccn1)c1cc(Nc2ccc(Br)cc2)ccn1. The number of benzene rings is 1. The lowest BCUT2D eigenvalue weighted by Crippen LogP contribution is -2.24. The number of nitrogens with one attached hydrogen (secondary N) is 2. The van der Waals surface area contributed by atoms with Crippen LogP contribution in [0.15, 0.2) is 71.5 Å². The van der Waals surface area contributed by atoms with E-state index in [0.717, 1.165) is 21.5 Å². The maximum atomic E-state index is 12.2. The summed E-state index contributed by atoms with van der Waals surface area (Å²) in [7, 11) is 0. The Bertz CT molecular complexity index is 822. The molecule has 120 valence electrons. The van der Waals surface area contributed by atoms with Gasteiger partial charge in [-0.25, -0.2) is 0 Å². The van der Waals surface area contributed by atoms with Gasteiger partial charge < -0.3 is 10.6 Å². The molecular weight excluding hydrogens is 368 g/mol. The summed E-state index contributed by atoms with van der Waals surface area (Å²) in [6.45, 7) is 0.367. The number of pyridine rings is 2. The van der Waals surface area contributed by atoms with Gasteiger partial charge in [0.1, 0.15) is 5.69 Å². The average molecular weight is 383 g/mol. The molecule has 3 aromatic rings. The van der Waals surface area contributed by atoms with Crippen LogP contribution < -0.4 is 10.6 Å². The van der Waals surface area contributed by atoms with E-state index in [1.54, 1.807) is 18.5 Å². The molecular formula is C18H15BrN4O. The van der Waals surface area contributed by atoms with Crippen molar-refractivity contribution in [1.82, 2.24) is 15.3 Å². The van der Waals surface area contributed by atoms with Crippen LogP contribution in [0.3, 0.4) is 0 Å². The predicted molar refractivity (Wildman–Crippen MR) is 97.1 cm³/mol. The maximum Gasteiger partial charge on any atom is 0.270 e. The fourth-order valence-electron chi connectivity index (χ4n) is 2.10. The van der Waals surface area contributed by atoms with Gasteiger partial charge in [-0.1, -0.05) is 22.0 Å². The lowest BCUT2D eigenvalue weighted by molar-refractivity contribution is 0.0945. The molecule has 0 fully saturated rings. The number of amides is 1. The summed E-state index contributed by atoms with van der Waals surface area (Å²) in [5.41, 5.74) is 2.89. The minimum Gasteiger partial charge on any atom is -0.355 e. The summed E-state index contributed by atoms with van der Waals surface area (Å²) in [6, 6.07) is 16.9. The van der Waals surface area contributed by atoms with Gasteiger partial charge in [-0.3, -0.25) is 14.8 Å². The molecule has 0 saturated heterocycles. The molecule has 0 aliphatic carbocycles. The first-order valence-electron chi connectivity index (χ1n) is 7.37. The zero-order valence-electron chi connectivity index (χ0n) is 12.7. The minimum absolute atomic E-state index is 0.236. The zero-order valence-corrected chi connectivity index (χ0v) is 14.3. The average Bonchev–Trinajstić information content (AvgIpc) is 2.63. The van der Waals surface area contributed by atoms with Crippen LogP contribution in [-0.4, -0.2) is 15.9 Å². The molecule has 0 aliphatic heterocycles. The monoisotopic (exact) mass is 382 g/mol. The van der Waals surface area contributed by atoms with Crippen LogP contribution >= 0.6 is 15.9 Å². The maximum absolute atomic E-state index is 12.2. The molecule has 2 aromatic heterocycles.